The number of hydrogen-bond donors (Lipinski definition) is 0. The lowest BCUT2D eigenvalue weighted by Gasteiger charge is -2.10. The third kappa shape index (κ3) is 30.0. The van der Waals surface area contributed by atoms with Crippen LogP contribution in [0.15, 0.2) is 18.5 Å². The van der Waals surface area contributed by atoms with Gasteiger partial charge in [0.1, 0.15) is 6.54 Å². The third-order valence-electron chi connectivity index (χ3n) is 11.1. The van der Waals surface area contributed by atoms with Gasteiger partial charge in [-0.2, -0.15) is 0 Å². The summed E-state index contributed by atoms with van der Waals surface area (Å²) in [6, 6.07) is 2.50. The minimum absolute atomic E-state index is 1.21. The number of unbranched alkanes of at least 4 members (excludes halogenated alkanes) is 33. The van der Waals surface area contributed by atoms with Gasteiger partial charge in [-0.1, -0.05) is 226 Å². The van der Waals surface area contributed by atoms with Crippen LogP contribution in [0.25, 0.3) is 0 Å². The number of rotatable bonds is 39. The molecule has 0 spiro atoms. The quantitative estimate of drug-likeness (QED) is 0.0485. The molecule has 0 amide bonds. The molecule has 1 aromatic rings. The zero-order valence-corrected chi connectivity index (χ0v) is 33.8. The molecule has 0 aliphatic rings. The van der Waals surface area contributed by atoms with E-state index in [1.54, 1.807) is 11.1 Å². The van der Waals surface area contributed by atoms with E-state index >= 15 is 0 Å². The minimum atomic E-state index is 1.21. The van der Waals surface area contributed by atoms with E-state index in [0.29, 0.717) is 0 Å². The third-order valence-corrected chi connectivity index (χ3v) is 11.1. The standard InChI is InChI=1S/C47H90N/c1-4-7-10-13-16-18-20-22-24-26-28-30-32-34-37-40-46-42-44-48(43-39-36-15-12-9-6-3)45-47(46)41-38-35-33-31-29-27-25-23-21-19-17-14-11-8-5-2/h42,44-45H,4-41,43H2,1-3H3/q+1. The van der Waals surface area contributed by atoms with E-state index in [1.165, 1.54) is 251 Å². The zero-order valence-electron chi connectivity index (χ0n) is 33.8. The van der Waals surface area contributed by atoms with Gasteiger partial charge in [0.25, 0.3) is 0 Å². The van der Waals surface area contributed by atoms with E-state index in [1.807, 2.05) is 0 Å². The summed E-state index contributed by atoms with van der Waals surface area (Å²) in [7, 11) is 0. The average molecular weight is 669 g/mol. The van der Waals surface area contributed by atoms with E-state index < -0.39 is 0 Å². The van der Waals surface area contributed by atoms with Crippen molar-refractivity contribution in [1.29, 1.82) is 0 Å². The lowest BCUT2D eigenvalue weighted by atomic mass is 9.97. The molecule has 1 heteroatoms. The number of pyridine rings is 1. The predicted molar refractivity (Wildman–Crippen MR) is 217 cm³/mol. The maximum absolute atomic E-state index is 2.55. The Bertz CT molecular complexity index is 753. The summed E-state index contributed by atoms with van der Waals surface area (Å²) in [5, 5.41) is 0. The van der Waals surface area contributed by atoms with E-state index in [-0.39, 0.29) is 0 Å². The van der Waals surface area contributed by atoms with Crippen LogP contribution in [0.5, 0.6) is 0 Å². The smallest absolute Gasteiger partial charge is 0.172 e. The van der Waals surface area contributed by atoms with Gasteiger partial charge in [0.15, 0.2) is 12.4 Å². The van der Waals surface area contributed by atoms with Crippen molar-refractivity contribution >= 4 is 0 Å². The van der Waals surface area contributed by atoms with Gasteiger partial charge in [0.2, 0.25) is 0 Å². The molecule has 0 aliphatic heterocycles. The minimum Gasteiger partial charge on any atom is -0.205 e. The van der Waals surface area contributed by atoms with Crippen LogP contribution >= 0.6 is 0 Å². The second kappa shape index (κ2) is 37.4. The highest BCUT2D eigenvalue weighted by Crippen LogP contribution is 2.19. The maximum atomic E-state index is 2.55. The van der Waals surface area contributed by atoms with E-state index in [2.05, 4.69) is 43.8 Å². The topological polar surface area (TPSA) is 3.88 Å². The van der Waals surface area contributed by atoms with Crippen LogP contribution in [-0.4, -0.2) is 0 Å². The van der Waals surface area contributed by atoms with Crippen LogP contribution in [0.4, 0.5) is 0 Å². The Balaban J connectivity index is 2.23. The molecule has 0 saturated heterocycles. The van der Waals surface area contributed by atoms with Crippen molar-refractivity contribution in [3.8, 4) is 0 Å². The summed E-state index contributed by atoms with van der Waals surface area (Å²) in [6.45, 7) is 8.15. The van der Waals surface area contributed by atoms with Crippen LogP contribution in [0.3, 0.4) is 0 Å². The van der Waals surface area contributed by atoms with Gasteiger partial charge in [-0.3, -0.25) is 0 Å². The van der Waals surface area contributed by atoms with Gasteiger partial charge in [-0.25, -0.2) is 4.57 Å². The largest absolute Gasteiger partial charge is 0.205 e. The monoisotopic (exact) mass is 669 g/mol. The summed E-state index contributed by atoms with van der Waals surface area (Å²) < 4.78 is 2.52. The first kappa shape index (κ1) is 45.2. The van der Waals surface area contributed by atoms with E-state index in [4.69, 9.17) is 0 Å². The Labute approximate surface area is 304 Å². The van der Waals surface area contributed by atoms with Crippen molar-refractivity contribution in [3.05, 3.63) is 29.6 Å². The van der Waals surface area contributed by atoms with Crippen LogP contribution in [0.2, 0.25) is 0 Å². The number of nitrogens with zero attached hydrogens (tertiary/aromatic N) is 1. The van der Waals surface area contributed by atoms with Crippen molar-refractivity contribution < 1.29 is 4.57 Å². The molecule has 0 aromatic carbocycles. The molecule has 0 radical (unpaired) electrons. The molecule has 0 bridgehead atoms. The maximum Gasteiger partial charge on any atom is 0.172 e. The van der Waals surface area contributed by atoms with Crippen LogP contribution in [-0.2, 0) is 19.4 Å². The van der Waals surface area contributed by atoms with Gasteiger partial charge >= 0.3 is 0 Å². The fraction of sp³-hybridized carbons (Fsp3) is 0.894. The number of aryl methyl sites for hydroxylation is 3. The molecule has 1 nitrogen and oxygen atoms in total. The summed E-state index contributed by atoms with van der Waals surface area (Å²) in [4.78, 5) is 0. The first-order valence-corrected chi connectivity index (χ1v) is 22.8. The van der Waals surface area contributed by atoms with Gasteiger partial charge in [0.05, 0.1) is 0 Å². The number of hydrogen-bond acceptors (Lipinski definition) is 0. The Morgan fingerprint density at radius 3 is 0.917 bits per heavy atom. The Morgan fingerprint density at radius 2 is 0.583 bits per heavy atom. The number of aromatic nitrogens is 1. The van der Waals surface area contributed by atoms with Gasteiger partial charge in [-0.15, -0.1) is 0 Å². The molecule has 1 aromatic heterocycles. The molecule has 0 saturated carbocycles. The zero-order chi connectivity index (χ0) is 34.4. The highest BCUT2D eigenvalue weighted by molar-refractivity contribution is 5.21. The van der Waals surface area contributed by atoms with Crippen molar-refractivity contribution in [2.75, 3.05) is 0 Å². The SMILES string of the molecule is CCCCCCCCCCCCCCCCCc1cc[n+](CCCCCCCC)cc1CCCCCCCCCCCCCCCCC. The summed E-state index contributed by atoms with van der Waals surface area (Å²) in [5.74, 6) is 0. The van der Waals surface area contributed by atoms with E-state index in [9.17, 15) is 0 Å². The molecule has 0 atom stereocenters. The predicted octanol–water partition coefficient (Wildman–Crippen LogP) is 16.2. The normalized spacial score (nSPS) is 11.6. The van der Waals surface area contributed by atoms with Crippen molar-refractivity contribution in [3.63, 3.8) is 0 Å². The molecule has 0 fully saturated rings. The molecular weight excluding hydrogens is 579 g/mol. The molecule has 0 unspecified atom stereocenters. The first-order valence-electron chi connectivity index (χ1n) is 22.8. The molecular formula is C47H90N+. The molecule has 1 heterocycles. The lowest BCUT2D eigenvalue weighted by Crippen LogP contribution is -2.34. The van der Waals surface area contributed by atoms with Crippen molar-refractivity contribution in [2.24, 2.45) is 0 Å². The molecule has 1 rings (SSSR count). The Kier molecular flexibility index (Phi) is 35.2. The Hall–Kier alpha value is -0.850. The highest BCUT2D eigenvalue weighted by atomic mass is 14.9. The Morgan fingerprint density at radius 1 is 0.312 bits per heavy atom. The van der Waals surface area contributed by atoms with Gasteiger partial charge in [-0.05, 0) is 37.7 Å². The van der Waals surface area contributed by atoms with E-state index in [0.717, 1.165) is 0 Å². The second-order valence-corrected chi connectivity index (χ2v) is 15.9. The van der Waals surface area contributed by atoms with Crippen LogP contribution in [0.1, 0.15) is 263 Å². The van der Waals surface area contributed by atoms with Crippen molar-refractivity contribution in [1.82, 2.24) is 0 Å². The second-order valence-electron chi connectivity index (χ2n) is 15.9. The lowest BCUT2D eigenvalue weighted by molar-refractivity contribution is -0.697. The fourth-order valence-electron chi connectivity index (χ4n) is 7.68. The molecule has 282 valence electrons. The average Bonchev–Trinajstić information content (AvgIpc) is 3.10. The molecule has 0 aliphatic carbocycles. The van der Waals surface area contributed by atoms with Gasteiger partial charge in [0, 0.05) is 18.1 Å². The first-order chi connectivity index (χ1) is 23.8. The summed E-state index contributed by atoms with van der Waals surface area (Å²) >= 11 is 0. The fourth-order valence-corrected chi connectivity index (χ4v) is 7.68. The highest BCUT2D eigenvalue weighted by Gasteiger charge is 2.10. The van der Waals surface area contributed by atoms with Crippen molar-refractivity contribution in [2.45, 2.75) is 271 Å². The summed E-state index contributed by atoms with van der Waals surface area (Å²) in [6.07, 6.45) is 59.3. The molecule has 48 heavy (non-hydrogen) atoms. The van der Waals surface area contributed by atoms with Gasteiger partial charge < -0.3 is 0 Å². The van der Waals surface area contributed by atoms with Crippen LogP contribution in [0, 0.1) is 0 Å². The molecule has 0 N–H and O–H groups in total. The van der Waals surface area contributed by atoms with Crippen LogP contribution < -0.4 is 4.57 Å². The summed E-state index contributed by atoms with van der Waals surface area (Å²) in [5.41, 5.74) is 3.33.